The number of rotatable bonds is 6. The molecule has 0 unspecified atom stereocenters. The summed E-state index contributed by atoms with van der Waals surface area (Å²) in [7, 11) is -3.88. The summed E-state index contributed by atoms with van der Waals surface area (Å²) in [5, 5.41) is 10.8. The number of sulfone groups is 1. The van der Waals surface area contributed by atoms with Crippen LogP contribution in [-0.4, -0.2) is 25.1 Å². The molecule has 29 heavy (non-hydrogen) atoms. The Kier molecular flexibility index (Phi) is 4.46. The number of furan rings is 1. The smallest absolute Gasteiger partial charge is 0.218 e. The summed E-state index contributed by atoms with van der Waals surface area (Å²) >= 11 is 6.63. The van der Waals surface area contributed by atoms with Gasteiger partial charge in [-0.1, -0.05) is 11.6 Å². The summed E-state index contributed by atoms with van der Waals surface area (Å²) in [6.07, 6.45) is 8.30. The van der Waals surface area contributed by atoms with Crippen molar-refractivity contribution in [3.8, 4) is 0 Å². The summed E-state index contributed by atoms with van der Waals surface area (Å²) in [5.74, 6) is -0.927. The lowest BCUT2D eigenvalue weighted by Gasteiger charge is -2.16. The van der Waals surface area contributed by atoms with Gasteiger partial charge in [-0.3, -0.25) is 4.79 Å². The second kappa shape index (κ2) is 6.69. The van der Waals surface area contributed by atoms with Crippen molar-refractivity contribution in [2.24, 2.45) is 0 Å². The fraction of sp³-hybridized carbons (Fsp3) is 0.500. The zero-order valence-electron chi connectivity index (χ0n) is 16.1. The number of benzene rings is 1. The van der Waals surface area contributed by atoms with E-state index in [1.807, 2.05) is 0 Å². The molecule has 7 heteroatoms. The van der Waals surface area contributed by atoms with Crippen molar-refractivity contribution in [1.82, 2.24) is 0 Å². The highest BCUT2D eigenvalue weighted by molar-refractivity contribution is 7.92. The van der Waals surface area contributed by atoms with Gasteiger partial charge in [0.05, 0.1) is 11.9 Å². The van der Waals surface area contributed by atoms with Gasteiger partial charge < -0.3 is 9.52 Å². The van der Waals surface area contributed by atoms with Crippen LogP contribution >= 0.6 is 11.6 Å². The molecule has 1 saturated carbocycles. The van der Waals surface area contributed by atoms with E-state index in [1.54, 1.807) is 0 Å². The molecule has 0 aliphatic heterocycles. The molecule has 1 N–H and O–H groups in total. The number of aliphatic hydroxyl groups is 1. The van der Waals surface area contributed by atoms with E-state index in [2.05, 4.69) is 0 Å². The van der Waals surface area contributed by atoms with Crippen LogP contribution in [0.3, 0.4) is 0 Å². The van der Waals surface area contributed by atoms with Crippen LogP contribution in [-0.2, 0) is 52.3 Å². The van der Waals surface area contributed by atoms with Crippen LogP contribution in [0.4, 0.5) is 0 Å². The molecule has 0 amide bonds. The lowest BCUT2D eigenvalue weighted by molar-refractivity contribution is -0.116. The van der Waals surface area contributed by atoms with Crippen molar-refractivity contribution in [3.63, 3.8) is 0 Å². The maximum atomic E-state index is 12.8. The number of carbonyl (C=O) groups is 1. The minimum absolute atomic E-state index is 0.124. The summed E-state index contributed by atoms with van der Waals surface area (Å²) in [5.41, 5.74) is 5.16. The van der Waals surface area contributed by atoms with Crippen molar-refractivity contribution in [2.75, 3.05) is 5.75 Å². The topological polar surface area (TPSA) is 84.6 Å². The molecule has 1 aromatic carbocycles. The van der Waals surface area contributed by atoms with Crippen molar-refractivity contribution in [3.05, 3.63) is 50.7 Å². The molecule has 2 aromatic rings. The van der Waals surface area contributed by atoms with Gasteiger partial charge in [0.1, 0.15) is 5.75 Å². The van der Waals surface area contributed by atoms with E-state index >= 15 is 0 Å². The molecule has 0 spiro atoms. The van der Waals surface area contributed by atoms with Crippen LogP contribution in [0.5, 0.6) is 0 Å². The largest absolute Gasteiger partial charge is 0.453 e. The highest BCUT2D eigenvalue weighted by Crippen LogP contribution is 2.46. The predicted octanol–water partition coefficient (Wildman–Crippen LogP) is 3.48. The van der Waals surface area contributed by atoms with E-state index in [9.17, 15) is 18.3 Å². The minimum atomic E-state index is -3.88. The number of Topliss-reactive ketones (excluding diaryl/α,β-unsaturated/α-hetero) is 1. The normalized spacial score (nSPS) is 19.2. The molecule has 0 saturated heterocycles. The first kappa shape index (κ1) is 19.3. The molecule has 0 atom stereocenters. The first-order valence-electron chi connectivity index (χ1n) is 10.2. The molecule has 1 heterocycles. The Balaban J connectivity index is 1.40. The van der Waals surface area contributed by atoms with Gasteiger partial charge in [0.25, 0.3) is 0 Å². The molecule has 0 radical (unpaired) electrons. The molecule has 154 valence electrons. The maximum Gasteiger partial charge on any atom is 0.218 e. The Morgan fingerprint density at radius 1 is 1.07 bits per heavy atom. The van der Waals surface area contributed by atoms with Crippen molar-refractivity contribution >= 4 is 27.2 Å². The number of carbonyl (C=O) groups excluding carboxylic acids is 1. The number of ketones is 1. The van der Waals surface area contributed by atoms with Crippen molar-refractivity contribution in [1.29, 1.82) is 0 Å². The highest BCUT2D eigenvalue weighted by Gasteiger charge is 2.44. The lowest BCUT2D eigenvalue weighted by Crippen LogP contribution is -2.19. The fourth-order valence-corrected chi connectivity index (χ4v) is 6.46. The number of hydrogen-bond acceptors (Lipinski definition) is 5. The molecular formula is C22H23ClO5S. The number of hydrogen-bond donors (Lipinski definition) is 1. The Morgan fingerprint density at radius 2 is 1.66 bits per heavy atom. The third-order valence-electron chi connectivity index (χ3n) is 6.56. The summed E-state index contributed by atoms with van der Waals surface area (Å²) in [4.78, 5) is 12.8. The van der Waals surface area contributed by atoms with E-state index in [0.29, 0.717) is 18.4 Å². The Hall–Kier alpha value is -1.63. The second-order valence-corrected chi connectivity index (χ2v) is 10.9. The molecule has 0 bridgehead atoms. The Labute approximate surface area is 175 Å². The van der Waals surface area contributed by atoms with E-state index in [1.165, 1.54) is 12.3 Å². The van der Waals surface area contributed by atoms with Crippen molar-refractivity contribution < 1.29 is 22.7 Å². The van der Waals surface area contributed by atoms with Gasteiger partial charge in [-0.15, -0.1) is 0 Å². The van der Waals surface area contributed by atoms with E-state index < -0.39 is 21.2 Å². The average molecular weight is 435 g/mol. The van der Waals surface area contributed by atoms with Gasteiger partial charge in [-0.25, -0.2) is 8.42 Å². The first-order valence-corrected chi connectivity index (χ1v) is 12.2. The summed E-state index contributed by atoms with van der Waals surface area (Å²) in [6.45, 7) is 0. The quantitative estimate of drug-likeness (QED) is 0.752. The maximum absolute atomic E-state index is 12.8. The molecule has 1 fully saturated rings. The van der Waals surface area contributed by atoms with Gasteiger partial charge in [0, 0.05) is 23.1 Å². The van der Waals surface area contributed by atoms with Gasteiger partial charge in [-0.2, -0.15) is 0 Å². The molecule has 5 rings (SSSR count). The van der Waals surface area contributed by atoms with E-state index in [0.717, 1.165) is 71.4 Å². The van der Waals surface area contributed by atoms with Crippen LogP contribution in [0.15, 0.2) is 21.8 Å². The standard InChI is InChI=1S/C22H23ClO5S/c23-21-17-5-1-3-15(17)19(16-4-2-6-18(16)21)10-14(24)12-29(26,27)20-9-13(11-28-20)22(25)7-8-22/h9,11,25H,1-8,10,12H2. The van der Waals surface area contributed by atoms with E-state index in [-0.39, 0.29) is 17.3 Å². The van der Waals surface area contributed by atoms with Gasteiger partial charge in [0.15, 0.2) is 5.78 Å². The third-order valence-corrected chi connectivity index (χ3v) is 8.55. The lowest BCUT2D eigenvalue weighted by atomic mass is 9.91. The van der Waals surface area contributed by atoms with Gasteiger partial charge in [-0.05, 0) is 79.2 Å². The predicted molar refractivity (Wildman–Crippen MR) is 108 cm³/mol. The molecule has 5 nitrogen and oxygen atoms in total. The van der Waals surface area contributed by atoms with Gasteiger partial charge >= 0.3 is 0 Å². The third kappa shape index (κ3) is 3.25. The summed E-state index contributed by atoms with van der Waals surface area (Å²) < 4.78 is 30.6. The van der Waals surface area contributed by atoms with Gasteiger partial charge in [0.2, 0.25) is 14.9 Å². The minimum Gasteiger partial charge on any atom is -0.453 e. The zero-order valence-corrected chi connectivity index (χ0v) is 17.7. The van der Waals surface area contributed by atoms with Crippen molar-refractivity contribution in [2.45, 2.75) is 68.5 Å². The number of halogens is 1. The average Bonchev–Trinajstić information content (AvgIpc) is 3.17. The van der Waals surface area contributed by atoms with Crippen LogP contribution in [0.25, 0.3) is 0 Å². The van der Waals surface area contributed by atoms with Crippen LogP contribution in [0.2, 0.25) is 5.02 Å². The number of fused-ring (bicyclic) bond motifs is 2. The fourth-order valence-electron chi connectivity index (χ4n) is 4.88. The van der Waals surface area contributed by atoms with Crippen LogP contribution < -0.4 is 0 Å². The second-order valence-electron chi connectivity index (χ2n) is 8.57. The van der Waals surface area contributed by atoms with Crippen LogP contribution in [0, 0.1) is 0 Å². The molecule has 3 aliphatic carbocycles. The summed E-state index contributed by atoms with van der Waals surface area (Å²) in [6, 6.07) is 1.35. The SMILES string of the molecule is O=C(Cc1c2c(c(Cl)c3c1CCC3)CCC2)CS(=O)(=O)c1cc(C2(O)CC2)co1. The zero-order chi connectivity index (χ0) is 20.4. The van der Waals surface area contributed by atoms with E-state index in [4.69, 9.17) is 16.0 Å². The Morgan fingerprint density at radius 3 is 2.24 bits per heavy atom. The first-order chi connectivity index (χ1) is 13.8. The monoisotopic (exact) mass is 434 g/mol. The molecule has 1 aromatic heterocycles. The van der Waals surface area contributed by atoms with Crippen LogP contribution in [0.1, 0.15) is 59.1 Å². The highest BCUT2D eigenvalue weighted by atomic mass is 35.5. The Bertz CT molecular complexity index is 1090. The molecular weight excluding hydrogens is 412 g/mol. The molecule has 3 aliphatic rings.